The second kappa shape index (κ2) is 5.82. The summed E-state index contributed by atoms with van der Waals surface area (Å²) in [6.07, 6.45) is 0.942. The Labute approximate surface area is 119 Å². The second-order valence-electron chi connectivity index (χ2n) is 3.81. The van der Waals surface area contributed by atoms with Crippen molar-refractivity contribution in [1.29, 1.82) is 0 Å². The van der Waals surface area contributed by atoms with Crippen LogP contribution in [-0.2, 0) is 13.0 Å². The molecular formula is C13H15BrN2OS. The van der Waals surface area contributed by atoms with Gasteiger partial charge in [-0.1, -0.05) is 6.92 Å². The van der Waals surface area contributed by atoms with Gasteiger partial charge in [-0.2, -0.15) is 0 Å². The van der Waals surface area contributed by atoms with Crippen LogP contribution in [0.4, 0.5) is 0 Å². The summed E-state index contributed by atoms with van der Waals surface area (Å²) >= 11 is 5.11. The molecule has 0 amide bonds. The minimum absolute atomic E-state index is 0.472. The van der Waals surface area contributed by atoms with Crippen LogP contribution in [0.1, 0.15) is 17.5 Å². The molecule has 0 bridgehead atoms. The lowest BCUT2D eigenvalue weighted by Crippen LogP contribution is -1.93. The lowest BCUT2D eigenvalue weighted by atomic mass is 10.1. The van der Waals surface area contributed by atoms with Crippen LogP contribution in [0.2, 0.25) is 0 Å². The highest BCUT2D eigenvalue weighted by molar-refractivity contribution is 9.10. The first-order valence-corrected chi connectivity index (χ1v) is 7.33. The fraction of sp³-hybridized carbons (Fsp3) is 0.308. The zero-order chi connectivity index (χ0) is 13.1. The molecule has 0 fully saturated rings. The van der Waals surface area contributed by atoms with Crippen molar-refractivity contribution < 1.29 is 4.74 Å². The average molecular weight is 327 g/mol. The predicted molar refractivity (Wildman–Crippen MR) is 79.1 cm³/mol. The third-order valence-corrected chi connectivity index (χ3v) is 4.69. The summed E-state index contributed by atoms with van der Waals surface area (Å²) in [6.45, 7) is 2.59. The topological polar surface area (TPSA) is 48.1 Å². The molecular weight excluding hydrogens is 312 g/mol. The molecule has 0 aliphatic heterocycles. The van der Waals surface area contributed by atoms with E-state index in [-0.39, 0.29) is 0 Å². The molecule has 18 heavy (non-hydrogen) atoms. The smallest absolute Gasteiger partial charge is 0.125 e. The maximum Gasteiger partial charge on any atom is 0.125 e. The molecule has 2 rings (SSSR count). The van der Waals surface area contributed by atoms with Gasteiger partial charge in [-0.3, -0.25) is 0 Å². The number of thiazole rings is 1. The van der Waals surface area contributed by atoms with Crippen LogP contribution in [0, 0.1) is 0 Å². The van der Waals surface area contributed by atoms with E-state index in [4.69, 9.17) is 10.5 Å². The van der Waals surface area contributed by atoms with E-state index < -0.39 is 0 Å². The average Bonchev–Trinajstić information content (AvgIpc) is 2.79. The van der Waals surface area contributed by atoms with Gasteiger partial charge in [-0.15, -0.1) is 11.3 Å². The van der Waals surface area contributed by atoms with Crippen LogP contribution in [0.25, 0.3) is 10.4 Å². The fourth-order valence-electron chi connectivity index (χ4n) is 1.80. The largest absolute Gasteiger partial charge is 0.496 e. The van der Waals surface area contributed by atoms with Gasteiger partial charge in [0.05, 0.1) is 12.0 Å². The van der Waals surface area contributed by atoms with Crippen molar-refractivity contribution in [2.75, 3.05) is 7.11 Å². The molecule has 1 aromatic carbocycles. The van der Waals surface area contributed by atoms with Crippen LogP contribution in [0.15, 0.2) is 22.8 Å². The van der Waals surface area contributed by atoms with Crippen molar-refractivity contribution in [1.82, 2.24) is 4.98 Å². The Morgan fingerprint density at radius 2 is 2.22 bits per heavy atom. The van der Waals surface area contributed by atoms with Crippen LogP contribution in [-0.4, -0.2) is 12.1 Å². The molecule has 0 atom stereocenters. The standard InChI is InChI=1S/C13H15BrN2OS/c1-3-8-6-9(4-5-10(8)17-2)12-13(14)16-11(7-15)18-12/h4-6H,3,7,15H2,1-2H3. The number of nitrogens with zero attached hydrogens (tertiary/aromatic N) is 1. The Morgan fingerprint density at radius 1 is 1.44 bits per heavy atom. The Kier molecular flexibility index (Phi) is 4.37. The van der Waals surface area contributed by atoms with Gasteiger partial charge in [0.1, 0.15) is 15.4 Å². The number of hydrogen-bond donors (Lipinski definition) is 1. The fourth-order valence-corrected chi connectivity index (χ4v) is 3.44. The summed E-state index contributed by atoms with van der Waals surface area (Å²) < 4.78 is 6.20. The molecule has 0 aliphatic rings. The number of hydrogen-bond acceptors (Lipinski definition) is 4. The number of benzene rings is 1. The van der Waals surface area contributed by atoms with Gasteiger partial charge in [0.2, 0.25) is 0 Å². The zero-order valence-electron chi connectivity index (χ0n) is 10.4. The van der Waals surface area contributed by atoms with E-state index in [1.165, 1.54) is 5.56 Å². The summed E-state index contributed by atoms with van der Waals surface area (Å²) in [6, 6.07) is 6.20. The number of aryl methyl sites for hydroxylation is 1. The Balaban J connectivity index is 2.47. The van der Waals surface area contributed by atoms with Gasteiger partial charge < -0.3 is 10.5 Å². The molecule has 1 aromatic heterocycles. The number of aromatic nitrogens is 1. The third kappa shape index (κ3) is 2.58. The van der Waals surface area contributed by atoms with Crippen molar-refractivity contribution in [3.8, 4) is 16.2 Å². The van der Waals surface area contributed by atoms with E-state index in [1.807, 2.05) is 6.07 Å². The molecule has 0 radical (unpaired) electrons. The molecule has 2 aromatic rings. The molecule has 0 saturated carbocycles. The molecule has 5 heteroatoms. The van der Waals surface area contributed by atoms with Crippen molar-refractivity contribution >= 4 is 27.3 Å². The SMILES string of the molecule is CCc1cc(-c2sc(CN)nc2Br)ccc1OC. The normalized spacial score (nSPS) is 10.7. The molecule has 0 spiro atoms. The highest BCUT2D eigenvalue weighted by atomic mass is 79.9. The second-order valence-corrected chi connectivity index (χ2v) is 5.65. The quantitative estimate of drug-likeness (QED) is 0.933. The van der Waals surface area contributed by atoms with E-state index in [2.05, 4.69) is 40.0 Å². The Bertz CT molecular complexity index is 554. The maximum atomic E-state index is 5.62. The Hall–Kier alpha value is -0.910. The molecule has 1 heterocycles. The summed E-state index contributed by atoms with van der Waals surface area (Å²) in [5.41, 5.74) is 7.97. The Morgan fingerprint density at radius 3 is 2.78 bits per heavy atom. The molecule has 2 N–H and O–H groups in total. The van der Waals surface area contributed by atoms with Crippen LogP contribution in [0.3, 0.4) is 0 Å². The van der Waals surface area contributed by atoms with Gasteiger partial charge >= 0.3 is 0 Å². The molecule has 0 unspecified atom stereocenters. The minimum atomic E-state index is 0.472. The summed E-state index contributed by atoms with van der Waals surface area (Å²) in [5.74, 6) is 0.931. The van der Waals surface area contributed by atoms with E-state index in [0.29, 0.717) is 6.54 Å². The van der Waals surface area contributed by atoms with E-state index in [9.17, 15) is 0 Å². The van der Waals surface area contributed by atoms with Crippen molar-refractivity contribution in [2.24, 2.45) is 5.73 Å². The van der Waals surface area contributed by atoms with Crippen molar-refractivity contribution in [3.63, 3.8) is 0 Å². The zero-order valence-corrected chi connectivity index (χ0v) is 12.8. The summed E-state index contributed by atoms with van der Waals surface area (Å²) in [7, 11) is 1.70. The van der Waals surface area contributed by atoms with Crippen molar-refractivity contribution in [2.45, 2.75) is 19.9 Å². The maximum absolute atomic E-state index is 5.62. The lowest BCUT2D eigenvalue weighted by Gasteiger charge is -2.08. The lowest BCUT2D eigenvalue weighted by molar-refractivity contribution is 0.410. The van der Waals surface area contributed by atoms with Crippen LogP contribution >= 0.6 is 27.3 Å². The van der Waals surface area contributed by atoms with Crippen LogP contribution < -0.4 is 10.5 Å². The third-order valence-electron chi connectivity index (χ3n) is 2.73. The minimum Gasteiger partial charge on any atom is -0.496 e. The number of methoxy groups -OCH3 is 1. The van der Waals surface area contributed by atoms with Gasteiger partial charge in [-0.25, -0.2) is 4.98 Å². The highest BCUT2D eigenvalue weighted by Gasteiger charge is 2.12. The molecule has 0 saturated heterocycles. The van der Waals surface area contributed by atoms with Gasteiger partial charge in [0, 0.05) is 6.54 Å². The van der Waals surface area contributed by atoms with E-state index in [0.717, 1.165) is 32.2 Å². The number of ether oxygens (including phenoxy) is 1. The first kappa shape index (κ1) is 13.5. The highest BCUT2D eigenvalue weighted by Crippen LogP contribution is 2.36. The number of nitrogens with two attached hydrogens (primary N) is 1. The first-order valence-electron chi connectivity index (χ1n) is 5.72. The molecule has 96 valence electrons. The van der Waals surface area contributed by atoms with Crippen LogP contribution in [0.5, 0.6) is 5.75 Å². The van der Waals surface area contributed by atoms with Crippen molar-refractivity contribution in [3.05, 3.63) is 33.4 Å². The molecule has 0 aliphatic carbocycles. The molecule has 3 nitrogen and oxygen atoms in total. The van der Waals surface area contributed by atoms with E-state index in [1.54, 1.807) is 18.4 Å². The monoisotopic (exact) mass is 326 g/mol. The number of rotatable bonds is 4. The summed E-state index contributed by atoms with van der Waals surface area (Å²) in [5, 5.41) is 0.936. The van der Waals surface area contributed by atoms with Gasteiger partial charge in [-0.05, 0) is 51.7 Å². The van der Waals surface area contributed by atoms with Gasteiger partial charge in [0.25, 0.3) is 0 Å². The number of halogens is 1. The first-order chi connectivity index (χ1) is 8.69. The van der Waals surface area contributed by atoms with Gasteiger partial charge in [0.15, 0.2) is 0 Å². The summed E-state index contributed by atoms with van der Waals surface area (Å²) in [4.78, 5) is 5.50. The predicted octanol–water partition coefficient (Wildman–Crippen LogP) is 3.60. The van der Waals surface area contributed by atoms with E-state index >= 15 is 0 Å².